The van der Waals surface area contributed by atoms with Crippen molar-refractivity contribution in [3.05, 3.63) is 100.0 Å². The number of hydrogen-bond donors (Lipinski definition) is 1. The molecular weight excluding hydrogens is 450 g/mol. The molecule has 5 aromatic rings. The molecule has 0 amide bonds. The lowest BCUT2D eigenvalue weighted by atomic mass is 10.0. The Morgan fingerprint density at radius 2 is 1.72 bits per heavy atom. The highest BCUT2D eigenvalue weighted by molar-refractivity contribution is 5.79. The molecule has 36 heavy (non-hydrogen) atoms. The number of hydrogen-bond acceptors (Lipinski definition) is 5. The minimum atomic E-state index is -0.0353. The van der Waals surface area contributed by atoms with Crippen LogP contribution in [0.5, 0.6) is 0 Å². The maximum absolute atomic E-state index is 13.6. The summed E-state index contributed by atoms with van der Waals surface area (Å²) in [6, 6.07) is 18.0. The standard InChI is InChI=1S/C28H29N7O/c1-4-5-11-23-18-35(26-19(2)9-8-10-20(26)3)28(36)34(23)17-22-15-14-21(16-29-22)24-12-6-7-13-25(24)27-30-32-33-31-27/h6-10,12-16,18H,4-5,11,17H2,1-3H3,(H,30,31,32,33). The molecule has 1 N–H and O–H groups in total. The van der Waals surface area contributed by atoms with Gasteiger partial charge in [0, 0.05) is 29.2 Å². The molecule has 0 spiro atoms. The molecule has 0 saturated carbocycles. The first-order valence-corrected chi connectivity index (χ1v) is 12.2. The predicted molar refractivity (Wildman–Crippen MR) is 140 cm³/mol. The minimum absolute atomic E-state index is 0.0353. The zero-order valence-corrected chi connectivity index (χ0v) is 20.8. The fourth-order valence-corrected chi connectivity index (χ4v) is 4.64. The molecule has 0 aliphatic carbocycles. The number of nitrogens with zero attached hydrogens (tertiary/aromatic N) is 6. The number of unbranched alkanes of at least 4 members (excludes halogenated alkanes) is 1. The largest absolute Gasteiger partial charge is 0.333 e. The van der Waals surface area contributed by atoms with Crippen LogP contribution in [0.3, 0.4) is 0 Å². The quantitative estimate of drug-likeness (QED) is 0.342. The molecule has 0 fully saturated rings. The molecular formula is C28H29N7O. The fraction of sp³-hybridized carbons (Fsp3) is 0.250. The summed E-state index contributed by atoms with van der Waals surface area (Å²) in [5.41, 5.74) is 7.74. The highest BCUT2D eigenvalue weighted by atomic mass is 16.1. The number of aromatic amines is 1. The second-order valence-electron chi connectivity index (χ2n) is 9.02. The first-order valence-electron chi connectivity index (χ1n) is 12.2. The predicted octanol–water partition coefficient (Wildman–Crippen LogP) is 4.89. The Balaban J connectivity index is 1.49. The van der Waals surface area contributed by atoms with Gasteiger partial charge in [0.25, 0.3) is 0 Å². The summed E-state index contributed by atoms with van der Waals surface area (Å²) in [4.78, 5) is 18.3. The lowest BCUT2D eigenvalue weighted by Crippen LogP contribution is -2.25. The molecule has 0 bridgehead atoms. The van der Waals surface area contributed by atoms with Crippen LogP contribution in [0, 0.1) is 13.8 Å². The van der Waals surface area contributed by atoms with Crippen molar-refractivity contribution in [3.63, 3.8) is 0 Å². The second-order valence-corrected chi connectivity index (χ2v) is 9.02. The number of pyridine rings is 1. The van der Waals surface area contributed by atoms with E-state index in [2.05, 4.69) is 27.5 Å². The van der Waals surface area contributed by atoms with Gasteiger partial charge in [0.2, 0.25) is 5.82 Å². The van der Waals surface area contributed by atoms with Crippen LogP contribution >= 0.6 is 0 Å². The van der Waals surface area contributed by atoms with E-state index in [1.54, 1.807) is 4.57 Å². The molecule has 8 heteroatoms. The van der Waals surface area contributed by atoms with Gasteiger partial charge >= 0.3 is 5.69 Å². The monoisotopic (exact) mass is 479 g/mol. The molecule has 0 saturated heterocycles. The summed E-state index contributed by atoms with van der Waals surface area (Å²) in [6.07, 6.45) is 6.78. The summed E-state index contributed by atoms with van der Waals surface area (Å²) in [7, 11) is 0. The highest BCUT2D eigenvalue weighted by Crippen LogP contribution is 2.29. The van der Waals surface area contributed by atoms with E-state index in [1.165, 1.54) is 0 Å². The molecule has 3 heterocycles. The van der Waals surface area contributed by atoms with Crippen molar-refractivity contribution in [3.8, 4) is 28.2 Å². The number of rotatable bonds is 8. The van der Waals surface area contributed by atoms with E-state index in [-0.39, 0.29) is 5.69 Å². The van der Waals surface area contributed by atoms with Crippen molar-refractivity contribution in [2.24, 2.45) is 0 Å². The van der Waals surface area contributed by atoms with Gasteiger partial charge in [-0.05, 0) is 54.7 Å². The molecule has 0 unspecified atom stereocenters. The van der Waals surface area contributed by atoms with Crippen molar-refractivity contribution in [2.45, 2.75) is 46.6 Å². The third-order valence-electron chi connectivity index (χ3n) is 6.50. The van der Waals surface area contributed by atoms with Crippen LogP contribution in [0.2, 0.25) is 0 Å². The van der Waals surface area contributed by atoms with E-state index < -0.39 is 0 Å². The highest BCUT2D eigenvalue weighted by Gasteiger charge is 2.16. The van der Waals surface area contributed by atoms with E-state index in [4.69, 9.17) is 4.98 Å². The van der Waals surface area contributed by atoms with Gasteiger partial charge in [-0.1, -0.05) is 61.9 Å². The summed E-state index contributed by atoms with van der Waals surface area (Å²) < 4.78 is 3.65. The van der Waals surface area contributed by atoms with Crippen molar-refractivity contribution < 1.29 is 0 Å². The minimum Gasteiger partial charge on any atom is -0.290 e. The number of benzene rings is 2. The molecule has 3 aromatic heterocycles. The van der Waals surface area contributed by atoms with Crippen LogP contribution in [0.4, 0.5) is 0 Å². The zero-order chi connectivity index (χ0) is 25.1. The number of aryl methyl sites for hydroxylation is 3. The van der Waals surface area contributed by atoms with Crippen LogP contribution in [0.25, 0.3) is 28.2 Å². The van der Waals surface area contributed by atoms with E-state index in [9.17, 15) is 4.79 Å². The zero-order valence-electron chi connectivity index (χ0n) is 20.8. The van der Waals surface area contributed by atoms with E-state index in [0.717, 1.165) is 64.2 Å². The van der Waals surface area contributed by atoms with Crippen molar-refractivity contribution >= 4 is 0 Å². The summed E-state index contributed by atoms with van der Waals surface area (Å²) >= 11 is 0. The molecule has 0 aliphatic heterocycles. The Morgan fingerprint density at radius 3 is 2.39 bits per heavy atom. The fourth-order valence-electron chi connectivity index (χ4n) is 4.64. The van der Waals surface area contributed by atoms with Crippen LogP contribution in [-0.2, 0) is 13.0 Å². The van der Waals surface area contributed by atoms with E-state index in [1.807, 2.05) is 85.4 Å². The molecule has 0 aliphatic rings. The molecule has 5 rings (SSSR count). The first-order chi connectivity index (χ1) is 17.6. The summed E-state index contributed by atoms with van der Waals surface area (Å²) in [5, 5.41) is 14.4. The Hall–Kier alpha value is -4.33. The Labute approximate surface area is 209 Å². The van der Waals surface area contributed by atoms with Crippen molar-refractivity contribution in [2.75, 3.05) is 0 Å². The topological polar surface area (TPSA) is 94.3 Å². The number of para-hydroxylation sites is 1. The first kappa shape index (κ1) is 23.4. The Kier molecular flexibility index (Phi) is 6.58. The third-order valence-corrected chi connectivity index (χ3v) is 6.50. The normalized spacial score (nSPS) is 11.2. The molecule has 182 valence electrons. The van der Waals surface area contributed by atoms with E-state index >= 15 is 0 Å². The Morgan fingerprint density at radius 1 is 0.944 bits per heavy atom. The number of aromatic nitrogens is 7. The second kappa shape index (κ2) is 10.1. The molecule has 8 nitrogen and oxygen atoms in total. The number of tetrazole rings is 1. The molecule has 2 aromatic carbocycles. The van der Waals surface area contributed by atoms with Gasteiger partial charge in [-0.3, -0.25) is 14.1 Å². The SMILES string of the molecule is CCCCc1cn(-c2c(C)cccc2C)c(=O)n1Cc1ccc(-c2ccccc2-c2nn[nH]n2)cn1. The van der Waals surface area contributed by atoms with Gasteiger partial charge in [0.1, 0.15) is 0 Å². The van der Waals surface area contributed by atoms with Crippen LogP contribution in [-0.4, -0.2) is 34.7 Å². The van der Waals surface area contributed by atoms with Crippen LogP contribution in [0.15, 0.2) is 71.8 Å². The maximum atomic E-state index is 13.6. The van der Waals surface area contributed by atoms with Crippen molar-refractivity contribution in [1.29, 1.82) is 0 Å². The average Bonchev–Trinajstić information content (AvgIpc) is 3.53. The van der Waals surface area contributed by atoms with Crippen LogP contribution in [0.1, 0.15) is 42.3 Å². The van der Waals surface area contributed by atoms with Gasteiger partial charge in [0.15, 0.2) is 0 Å². The summed E-state index contributed by atoms with van der Waals surface area (Å²) in [5.74, 6) is 0.537. The Bertz CT molecular complexity index is 1510. The average molecular weight is 480 g/mol. The van der Waals surface area contributed by atoms with Crippen molar-refractivity contribution in [1.82, 2.24) is 34.7 Å². The third kappa shape index (κ3) is 4.49. The number of nitrogens with one attached hydrogen (secondary N) is 1. The van der Waals surface area contributed by atoms with Gasteiger partial charge in [0.05, 0.1) is 17.9 Å². The molecule has 0 radical (unpaired) electrons. The van der Waals surface area contributed by atoms with Gasteiger partial charge in [-0.15, -0.1) is 10.2 Å². The lowest BCUT2D eigenvalue weighted by Gasteiger charge is -2.10. The van der Waals surface area contributed by atoms with Gasteiger partial charge in [-0.25, -0.2) is 4.79 Å². The number of H-pyrrole nitrogens is 1. The maximum Gasteiger partial charge on any atom is 0.333 e. The van der Waals surface area contributed by atoms with Gasteiger partial charge in [-0.2, -0.15) is 5.21 Å². The molecule has 0 atom stereocenters. The van der Waals surface area contributed by atoms with Gasteiger partial charge < -0.3 is 0 Å². The summed E-state index contributed by atoms with van der Waals surface area (Å²) in [6.45, 7) is 6.68. The lowest BCUT2D eigenvalue weighted by molar-refractivity contribution is 0.664. The number of imidazole rings is 1. The van der Waals surface area contributed by atoms with E-state index in [0.29, 0.717) is 12.4 Å². The van der Waals surface area contributed by atoms with Crippen LogP contribution < -0.4 is 5.69 Å². The smallest absolute Gasteiger partial charge is 0.290 e.